The van der Waals surface area contributed by atoms with Gasteiger partial charge in [0, 0.05) is 18.2 Å². The maximum atomic E-state index is 12.9. The predicted octanol–water partition coefficient (Wildman–Crippen LogP) is 3.94. The number of nitrogens with zero attached hydrogens (tertiary/aromatic N) is 2. The highest BCUT2D eigenvalue weighted by Gasteiger charge is 2.08. The summed E-state index contributed by atoms with van der Waals surface area (Å²) < 4.78 is 23.6. The number of hydrogen-bond acceptors (Lipinski definition) is 6. The number of nitro groups is 1. The van der Waals surface area contributed by atoms with E-state index in [2.05, 4.69) is 10.3 Å². The highest BCUT2D eigenvalue weighted by Crippen LogP contribution is 2.21. The minimum absolute atomic E-state index is 0.0641. The number of anilines is 1. The average molecular weight is 383 g/mol. The Morgan fingerprint density at radius 3 is 2.32 bits per heavy atom. The van der Waals surface area contributed by atoms with E-state index in [0.717, 1.165) is 0 Å². The van der Waals surface area contributed by atoms with Crippen LogP contribution in [0.4, 0.5) is 15.8 Å². The molecule has 142 valence electrons. The molecule has 3 aromatic rings. The molecule has 9 heteroatoms. The number of non-ortho nitro benzene ring substituents is 1. The van der Waals surface area contributed by atoms with Gasteiger partial charge in [-0.2, -0.15) is 0 Å². The molecule has 0 aliphatic rings. The Bertz CT molecular complexity index is 960. The SMILES string of the molecule is O=C(COc1ccc([N+](=O)[O-])cc1)Nc1ccc(Oc2ccc(F)cc2)nc1. The van der Waals surface area contributed by atoms with Crippen molar-refractivity contribution in [3.63, 3.8) is 0 Å². The molecule has 0 bridgehead atoms. The van der Waals surface area contributed by atoms with Crippen molar-refractivity contribution in [3.8, 4) is 17.4 Å². The fourth-order valence-corrected chi connectivity index (χ4v) is 2.15. The third kappa shape index (κ3) is 5.24. The number of halogens is 1. The molecule has 3 rings (SSSR count). The number of pyridine rings is 1. The Balaban J connectivity index is 1.49. The van der Waals surface area contributed by atoms with Crippen molar-refractivity contribution >= 4 is 17.3 Å². The summed E-state index contributed by atoms with van der Waals surface area (Å²) in [6.07, 6.45) is 1.41. The van der Waals surface area contributed by atoms with Crippen molar-refractivity contribution in [1.82, 2.24) is 4.98 Å². The van der Waals surface area contributed by atoms with E-state index in [1.807, 2.05) is 0 Å². The van der Waals surface area contributed by atoms with Crippen LogP contribution in [0, 0.1) is 15.9 Å². The number of rotatable bonds is 7. The average Bonchev–Trinajstić information content (AvgIpc) is 2.70. The van der Waals surface area contributed by atoms with Gasteiger partial charge in [0.05, 0.1) is 16.8 Å². The summed E-state index contributed by atoms with van der Waals surface area (Å²) in [5.41, 5.74) is 0.370. The van der Waals surface area contributed by atoms with E-state index in [4.69, 9.17) is 9.47 Å². The van der Waals surface area contributed by atoms with Gasteiger partial charge >= 0.3 is 0 Å². The Labute approximate surface area is 158 Å². The molecular weight excluding hydrogens is 369 g/mol. The number of hydrogen-bond donors (Lipinski definition) is 1. The molecule has 1 amide bonds. The molecule has 1 N–H and O–H groups in total. The van der Waals surface area contributed by atoms with Crippen LogP contribution in [0.1, 0.15) is 0 Å². The summed E-state index contributed by atoms with van der Waals surface area (Å²) in [4.78, 5) is 26.1. The van der Waals surface area contributed by atoms with E-state index in [1.165, 1.54) is 54.7 Å². The lowest BCUT2D eigenvalue weighted by molar-refractivity contribution is -0.384. The second-order valence-electron chi connectivity index (χ2n) is 5.53. The summed E-state index contributed by atoms with van der Waals surface area (Å²) in [5.74, 6) is 0.262. The first-order chi connectivity index (χ1) is 13.5. The predicted molar refractivity (Wildman–Crippen MR) is 97.9 cm³/mol. The number of nitro benzene ring substituents is 1. The minimum Gasteiger partial charge on any atom is -0.484 e. The Morgan fingerprint density at radius 1 is 1.04 bits per heavy atom. The molecule has 0 saturated heterocycles. The fourth-order valence-electron chi connectivity index (χ4n) is 2.15. The molecule has 1 heterocycles. The van der Waals surface area contributed by atoms with Gasteiger partial charge in [-0.05, 0) is 42.5 Å². The third-order valence-corrected chi connectivity index (χ3v) is 3.47. The lowest BCUT2D eigenvalue weighted by Crippen LogP contribution is -2.20. The van der Waals surface area contributed by atoms with Crippen LogP contribution in [-0.4, -0.2) is 22.4 Å². The van der Waals surface area contributed by atoms with E-state index in [9.17, 15) is 19.3 Å². The number of aromatic nitrogens is 1. The second-order valence-corrected chi connectivity index (χ2v) is 5.53. The quantitative estimate of drug-likeness (QED) is 0.490. The molecule has 1 aromatic heterocycles. The van der Waals surface area contributed by atoms with Crippen LogP contribution in [0.15, 0.2) is 66.9 Å². The minimum atomic E-state index is -0.521. The first kappa shape index (κ1) is 18.8. The Hall–Kier alpha value is -4.01. The number of carbonyl (C=O) groups excluding carboxylic acids is 1. The standard InChI is InChI=1S/C19H14FN3O5/c20-13-1-6-17(7-2-13)28-19-10-3-14(11-21-19)22-18(24)12-27-16-8-4-15(5-9-16)23(25)26/h1-11H,12H2,(H,22,24). The Kier molecular flexibility index (Phi) is 5.75. The fraction of sp³-hybridized carbons (Fsp3) is 0.0526. The molecule has 0 aliphatic heterocycles. The van der Waals surface area contributed by atoms with Crippen molar-refractivity contribution in [3.05, 3.63) is 82.8 Å². The number of carbonyl (C=O) groups is 1. The number of amides is 1. The summed E-state index contributed by atoms with van der Waals surface area (Å²) in [6.45, 7) is -0.272. The summed E-state index contributed by atoms with van der Waals surface area (Å²) in [7, 11) is 0. The van der Waals surface area contributed by atoms with Gasteiger partial charge in [-0.3, -0.25) is 14.9 Å². The zero-order valence-corrected chi connectivity index (χ0v) is 14.4. The zero-order chi connectivity index (χ0) is 19.9. The molecular formula is C19H14FN3O5. The van der Waals surface area contributed by atoms with Crippen molar-refractivity contribution in [2.24, 2.45) is 0 Å². The van der Waals surface area contributed by atoms with E-state index in [0.29, 0.717) is 17.2 Å². The van der Waals surface area contributed by atoms with Crippen LogP contribution in [-0.2, 0) is 4.79 Å². The van der Waals surface area contributed by atoms with E-state index >= 15 is 0 Å². The second kappa shape index (κ2) is 8.58. The van der Waals surface area contributed by atoms with Gasteiger partial charge in [-0.25, -0.2) is 9.37 Å². The van der Waals surface area contributed by atoms with Gasteiger partial charge in [-0.1, -0.05) is 0 Å². The van der Waals surface area contributed by atoms with Crippen LogP contribution in [0.25, 0.3) is 0 Å². The summed E-state index contributed by atoms with van der Waals surface area (Å²) >= 11 is 0. The van der Waals surface area contributed by atoms with Crippen LogP contribution >= 0.6 is 0 Å². The van der Waals surface area contributed by atoms with Gasteiger partial charge in [0.25, 0.3) is 11.6 Å². The summed E-state index contributed by atoms with van der Waals surface area (Å²) in [6, 6.07) is 14.0. The molecule has 0 radical (unpaired) electrons. The lowest BCUT2D eigenvalue weighted by Gasteiger charge is -2.08. The Morgan fingerprint density at radius 2 is 1.71 bits per heavy atom. The highest BCUT2D eigenvalue weighted by molar-refractivity contribution is 5.91. The monoisotopic (exact) mass is 383 g/mol. The van der Waals surface area contributed by atoms with Crippen LogP contribution < -0.4 is 14.8 Å². The maximum absolute atomic E-state index is 12.9. The van der Waals surface area contributed by atoms with Crippen LogP contribution in [0.3, 0.4) is 0 Å². The van der Waals surface area contributed by atoms with Crippen molar-refractivity contribution < 1.29 is 23.6 Å². The van der Waals surface area contributed by atoms with Gasteiger partial charge in [0.2, 0.25) is 5.88 Å². The van der Waals surface area contributed by atoms with Gasteiger partial charge < -0.3 is 14.8 Å². The van der Waals surface area contributed by atoms with E-state index < -0.39 is 10.8 Å². The smallest absolute Gasteiger partial charge is 0.269 e. The lowest BCUT2D eigenvalue weighted by atomic mass is 10.3. The molecule has 0 unspecified atom stereocenters. The van der Waals surface area contributed by atoms with Crippen molar-refractivity contribution in [1.29, 1.82) is 0 Å². The van der Waals surface area contributed by atoms with Gasteiger partial charge in [0.1, 0.15) is 17.3 Å². The zero-order valence-electron chi connectivity index (χ0n) is 14.4. The van der Waals surface area contributed by atoms with E-state index in [-0.39, 0.29) is 24.0 Å². The normalized spacial score (nSPS) is 10.2. The molecule has 0 aliphatic carbocycles. The largest absolute Gasteiger partial charge is 0.484 e. The van der Waals surface area contributed by atoms with Crippen LogP contribution in [0.5, 0.6) is 17.4 Å². The first-order valence-electron chi connectivity index (χ1n) is 8.06. The number of benzene rings is 2. The molecule has 0 saturated carbocycles. The van der Waals surface area contributed by atoms with Gasteiger partial charge in [-0.15, -0.1) is 0 Å². The molecule has 8 nitrogen and oxygen atoms in total. The van der Waals surface area contributed by atoms with Crippen molar-refractivity contribution in [2.75, 3.05) is 11.9 Å². The summed E-state index contributed by atoms with van der Waals surface area (Å²) in [5, 5.41) is 13.2. The molecule has 2 aromatic carbocycles. The number of nitrogens with one attached hydrogen (secondary N) is 1. The van der Waals surface area contributed by atoms with E-state index in [1.54, 1.807) is 12.1 Å². The van der Waals surface area contributed by atoms with Gasteiger partial charge in [0.15, 0.2) is 6.61 Å². The maximum Gasteiger partial charge on any atom is 0.269 e. The first-order valence-corrected chi connectivity index (χ1v) is 8.06. The molecule has 0 fully saturated rings. The highest BCUT2D eigenvalue weighted by atomic mass is 19.1. The van der Waals surface area contributed by atoms with Crippen molar-refractivity contribution in [2.45, 2.75) is 0 Å². The molecule has 0 atom stereocenters. The molecule has 28 heavy (non-hydrogen) atoms. The van der Waals surface area contributed by atoms with Crippen LogP contribution in [0.2, 0.25) is 0 Å². The number of ether oxygens (including phenoxy) is 2. The third-order valence-electron chi connectivity index (χ3n) is 3.47. The topological polar surface area (TPSA) is 104 Å². The molecule has 0 spiro atoms.